The highest BCUT2D eigenvalue weighted by Gasteiger charge is 2.60. The maximum absolute atomic E-state index is 14.9. The zero-order valence-electron chi connectivity index (χ0n) is 46.6. The topological polar surface area (TPSA) is 226 Å². The number of rotatable bonds is 13. The maximum Gasteiger partial charge on any atom is 0.509 e. The van der Waals surface area contributed by atoms with Crippen molar-refractivity contribution in [3.8, 4) is 0 Å². The second-order valence-corrected chi connectivity index (χ2v) is 22.5. The van der Waals surface area contributed by atoms with Crippen molar-refractivity contribution in [2.24, 2.45) is 23.7 Å². The third-order valence-electron chi connectivity index (χ3n) is 16.6. The zero-order chi connectivity index (χ0) is 54.9. The van der Waals surface area contributed by atoms with Crippen molar-refractivity contribution in [3.63, 3.8) is 0 Å². The first kappa shape index (κ1) is 59.9. The number of carbonyl (C=O) groups is 4. The number of cyclic esters (lactones) is 1. The van der Waals surface area contributed by atoms with Gasteiger partial charge in [0.15, 0.2) is 36.7 Å². The third kappa shape index (κ3) is 12.3. The van der Waals surface area contributed by atoms with Gasteiger partial charge in [0.1, 0.15) is 24.1 Å². The van der Waals surface area contributed by atoms with E-state index in [4.69, 9.17) is 56.8 Å². The molecule has 1 aromatic carbocycles. The minimum Gasteiger partial charge on any atom is -0.458 e. The molecule has 20 heteroatoms. The van der Waals surface area contributed by atoms with Gasteiger partial charge in [0, 0.05) is 38.5 Å². The van der Waals surface area contributed by atoms with Crippen molar-refractivity contribution in [1.29, 1.82) is 0 Å². The van der Waals surface area contributed by atoms with Gasteiger partial charge in [-0.15, -0.1) is 0 Å². The molecule has 74 heavy (non-hydrogen) atoms. The smallest absolute Gasteiger partial charge is 0.458 e. The van der Waals surface area contributed by atoms with Gasteiger partial charge in [0.2, 0.25) is 0 Å². The molecular weight excluding hydrogens is 965 g/mol. The summed E-state index contributed by atoms with van der Waals surface area (Å²) in [6.45, 7) is 19.4. The molecule has 0 radical (unpaired) electrons. The number of nitrogens with zero attached hydrogens (tertiary/aromatic N) is 2. The molecule has 20 nitrogen and oxygen atoms in total. The highest BCUT2D eigenvalue weighted by Crippen LogP contribution is 2.45. The minimum absolute atomic E-state index is 0.0353. The number of likely N-dealkylation sites (N-methyl/N-ethyl adjacent to an activating group) is 2. The predicted molar refractivity (Wildman–Crippen MR) is 267 cm³/mol. The number of methoxy groups -OCH3 is 2. The Bertz CT molecular complexity index is 2070. The number of aliphatic hydroxyl groups excluding tert-OH is 2. The van der Waals surface area contributed by atoms with Gasteiger partial charge in [-0.3, -0.25) is 9.59 Å². The Kier molecular flexibility index (Phi) is 19.5. The Morgan fingerprint density at radius 1 is 0.730 bits per heavy atom. The van der Waals surface area contributed by atoms with Gasteiger partial charge in [-0.1, -0.05) is 45.9 Å². The molecule has 0 saturated carbocycles. The minimum atomic E-state index is -1.53. The van der Waals surface area contributed by atoms with E-state index in [0.29, 0.717) is 12.0 Å². The molecule has 0 aromatic heterocycles. The normalized spacial score (nSPS) is 44.7. The van der Waals surface area contributed by atoms with E-state index in [-0.39, 0.29) is 37.2 Å². The van der Waals surface area contributed by atoms with Crippen LogP contribution in [0.15, 0.2) is 30.3 Å². The lowest BCUT2D eigenvalue weighted by Gasteiger charge is -2.52. The van der Waals surface area contributed by atoms with Gasteiger partial charge in [-0.25, -0.2) is 9.59 Å². The zero-order valence-corrected chi connectivity index (χ0v) is 46.6. The first-order valence-electron chi connectivity index (χ1n) is 26.3. The van der Waals surface area contributed by atoms with Crippen LogP contribution >= 0.6 is 0 Å². The highest BCUT2D eigenvalue weighted by molar-refractivity contribution is 5.89. The Morgan fingerprint density at radius 3 is 1.95 bits per heavy atom. The molecule has 0 unspecified atom stereocenters. The van der Waals surface area contributed by atoms with Crippen LogP contribution in [0, 0.1) is 23.7 Å². The van der Waals surface area contributed by atoms with E-state index in [2.05, 4.69) is 0 Å². The molecular formula is C54H86N2O18. The van der Waals surface area contributed by atoms with Crippen molar-refractivity contribution in [2.75, 3.05) is 42.4 Å². The monoisotopic (exact) mass is 1050 g/mol. The highest BCUT2D eigenvalue weighted by atomic mass is 16.8. The summed E-state index contributed by atoms with van der Waals surface area (Å²) in [6.07, 6.45) is -13.9. The lowest BCUT2D eigenvalue weighted by atomic mass is 9.74. The van der Waals surface area contributed by atoms with E-state index in [1.807, 2.05) is 46.7 Å². The third-order valence-corrected chi connectivity index (χ3v) is 16.6. The molecule has 5 saturated heterocycles. The number of fused-ring (bicyclic) bond motifs is 1. The largest absolute Gasteiger partial charge is 0.509 e. The molecule has 5 aliphatic rings. The number of aliphatic hydroxyl groups is 2. The fourth-order valence-corrected chi connectivity index (χ4v) is 12.2. The van der Waals surface area contributed by atoms with Crippen LogP contribution in [0.25, 0.3) is 0 Å². The standard InChI is InChI=1S/C54H86N2O18/c1-18-36-54(11)45(73-51(62)74-54)29(4)39(57)27(2)25-52(9,63-16)44(71-49-41(59)35(55(12)13)24-28(3)65-49)30(5)42(31(6)47(60)68-36)69-37-26-53(10,64-17)46(33(8)66-37)72-50-43(38(56(14)15)40(58)32(7)67-50)70-48(61)34-22-20-19-21-23-34/h19-23,27-33,35-38,40-46,49-50,58-59H,18,24-26H2,1-17H3/t27-,28-,29+,30+,31-,32-,33+,35+,36-,37+,38+,40-,41-,42+,43-,44-,45-,46+,49+,50+,52+,53-,54-/m1/s1. The number of ether oxygens (including phenoxy) is 12. The molecule has 6 rings (SSSR count). The number of esters is 2. The van der Waals surface area contributed by atoms with Crippen molar-refractivity contribution in [3.05, 3.63) is 35.9 Å². The lowest BCUT2D eigenvalue weighted by molar-refractivity contribution is -0.354. The maximum atomic E-state index is 14.9. The van der Waals surface area contributed by atoms with E-state index in [1.165, 1.54) is 14.2 Å². The van der Waals surface area contributed by atoms with E-state index in [0.717, 1.165) is 0 Å². The second kappa shape index (κ2) is 24.1. The molecule has 0 aliphatic carbocycles. The second-order valence-electron chi connectivity index (χ2n) is 22.5. The number of hydrogen-bond acceptors (Lipinski definition) is 20. The van der Waals surface area contributed by atoms with Crippen molar-refractivity contribution >= 4 is 23.9 Å². The quantitative estimate of drug-likeness (QED) is 0.198. The summed E-state index contributed by atoms with van der Waals surface area (Å²) in [4.78, 5) is 59.8. The molecule has 5 aliphatic heterocycles. The summed E-state index contributed by atoms with van der Waals surface area (Å²) in [7, 11) is 10.3. The molecule has 0 amide bonds. The van der Waals surface area contributed by atoms with Gasteiger partial charge in [-0.2, -0.15) is 0 Å². The van der Waals surface area contributed by atoms with Crippen LogP contribution in [0.1, 0.15) is 112 Å². The van der Waals surface area contributed by atoms with E-state index in [9.17, 15) is 29.4 Å². The van der Waals surface area contributed by atoms with Crippen LogP contribution in [0.4, 0.5) is 4.79 Å². The van der Waals surface area contributed by atoms with Crippen LogP contribution in [0.3, 0.4) is 0 Å². The summed E-state index contributed by atoms with van der Waals surface area (Å²) >= 11 is 0. The number of carbonyl (C=O) groups excluding carboxylic acids is 4. The molecule has 420 valence electrons. The Hall–Kier alpha value is -3.38. The summed E-state index contributed by atoms with van der Waals surface area (Å²) in [5.74, 6) is -5.05. The summed E-state index contributed by atoms with van der Waals surface area (Å²) in [5.41, 5.74) is -3.74. The Morgan fingerprint density at radius 2 is 1.35 bits per heavy atom. The van der Waals surface area contributed by atoms with E-state index >= 15 is 0 Å². The molecule has 0 bridgehead atoms. The van der Waals surface area contributed by atoms with Gasteiger partial charge in [-0.05, 0) is 108 Å². The number of benzene rings is 1. The van der Waals surface area contributed by atoms with Crippen molar-refractivity contribution in [1.82, 2.24) is 9.80 Å². The summed E-state index contributed by atoms with van der Waals surface area (Å²) in [6, 6.07) is 7.44. The van der Waals surface area contributed by atoms with Crippen LogP contribution in [-0.4, -0.2) is 201 Å². The molecule has 2 N–H and O–H groups in total. The summed E-state index contributed by atoms with van der Waals surface area (Å²) < 4.78 is 77.1. The molecule has 1 aromatic rings. The van der Waals surface area contributed by atoms with Gasteiger partial charge in [0.25, 0.3) is 0 Å². The SMILES string of the molecule is CC[C@H]1OC(=O)[C@H](C)[C@@H](O[C@H]2C[C@@](C)(OC)[C@@H](O[C@@H]3O[C@H](C)[C@@H](O)[C@H](N(C)C)[C@H]3OC(=O)c3ccccc3)[C@H](C)O2)[C@H](C)[C@@H](O[C@@H]2O[C@H](C)C[C@H](N(C)C)[C@H]2O)[C@@](C)(OC)C[C@@H](C)C(=O)[C@H](C)[C@H]2OC(=O)O[C@@]21C. The fraction of sp³-hybridized carbons (Fsp3) is 0.815. The van der Waals surface area contributed by atoms with Crippen molar-refractivity contribution in [2.45, 2.75) is 217 Å². The molecule has 5 fully saturated rings. The number of ketones is 1. The molecule has 0 spiro atoms. The first-order valence-corrected chi connectivity index (χ1v) is 26.3. The van der Waals surface area contributed by atoms with Gasteiger partial charge in [0.05, 0.1) is 71.3 Å². The van der Waals surface area contributed by atoms with Gasteiger partial charge < -0.3 is 76.9 Å². The Labute approximate surface area is 437 Å². The van der Waals surface area contributed by atoms with Crippen molar-refractivity contribution < 1.29 is 86.2 Å². The molecule has 23 atom stereocenters. The average molecular weight is 1050 g/mol. The van der Waals surface area contributed by atoms with Crippen LogP contribution < -0.4 is 0 Å². The van der Waals surface area contributed by atoms with Crippen LogP contribution in [-0.2, 0) is 66.4 Å². The summed E-state index contributed by atoms with van der Waals surface area (Å²) in [5, 5.41) is 23.3. The Balaban J connectivity index is 1.39. The fourth-order valence-electron chi connectivity index (χ4n) is 12.2. The van der Waals surface area contributed by atoms with E-state index in [1.54, 1.807) is 97.8 Å². The number of Topliss-reactive ketones (excluding diaryl/α,β-unsaturated/α-hetero) is 1. The number of hydrogen-bond donors (Lipinski definition) is 2. The predicted octanol–water partition coefficient (Wildman–Crippen LogP) is 4.91. The van der Waals surface area contributed by atoms with E-state index < -0.39 is 145 Å². The van der Waals surface area contributed by atoms with Crippen LogP contribution in [0.5, 0.6) is 0 Å². The molecule has 5 heterocycles. The first-order chi connectivity index (χ1) is 34.6. The lowest BCUT2D eigenvalue weighted by Crippen LogP contribution is -2.66. The van der Waals surface area contributed by atoms with Gasteiger partial charge >= 0.3 is 18.1 Å². The van der Waals surface area contributed by atoms with Crippen LogP contribution in [0.2, 0.25) is 0 Å². The average Bonchev–Trinajstić information content (AvgIpc) is 3.67.